The fourth-order valence-corrected chi connectivity index (χ4v) is 3.64. The molecule has 0 N–H and O–H groups in total. The molecule has 0 bridgehead atoms. The lowest BCUT2D eigenvalue weighted by atomic mass is 10.1. The highest BCUT2D eigenvalue weighted by Crippen LogP contribution is 2.28. The van der Waals surface area contributed by atoms with Gasteiger partial charge in [0.1, 0.15) is 18.0 Å². The summed E-state index contributed by atoms with van der Waals surface area (Å²) in [5.41, 5.74) is 0.984. The second kappa shape index (κ2) is 8.63. The highest BCUT2D eigenvalue weighted by atomic mass is 35.5. The SMILES string of the molecule is CC(C)(C)OC(=O)CN1C=CCN(c2cc(-n3ccnc3)c3ccc(Cl)cc3n2)CC1=O. The van der Waals surface area contributed by atoms with E-state index in [1.165, 1.54) is 4.90 Å². The molecule has 0 unspecified atom stereocenters. The number of benzene rings is 1. The zero-order chi connectivity index (χ0) is 22.9. The van der Waals surface area contributed by atoms with Gasteiger partial charge in [0.2, 0.25) is 5.91 Å². The number of halogens is 1. The molecule has 0 saturated carbocycles. The van der Waals surface area contributed by atoms with Crippen molar-refractivity contribution in [1.29, 1.82) is 0 Å². The molecule has 3 aromatic rings. The lowest BCUT2D eigenvalue weighted by Crippen LogP contribution is -2.40. The molecule has 0 aliphatic carbocycles. The highest BCUT2D eigenvalue weighted by Gasteiger charge is 2.25. The molecule has 0 atom stereocenters. The van der Waals surface area contributed by atoms with Crippen LogP contribution < -0.4 is 4.90 Å². The molecular weight excluding hydrogens is 430 g/mol. The number of carbonyl (C=O) groups excluding carboxylic acids is 2. The van der Waals surface area contributed by atoms with Gasteiger partial charge < -0.3 is 19.1 Å². The maximum atomic E-state index is 12.9. The summed E-state index contributed by atoms with van der Waals surface area (Å²) in [7, 11) is 0. The van der Waals surface area contributed by atoms with E-state index in [0.717, 1.165) is 11.1 Å². The smallest absolute Gasteiger partial charge is 0.326 e. The maximum Gasteiger partial charge on any atom is 0.326 e. The third kappa shape index (κ3) is 4.91. The molecule has 32 heavy (non-hydrogen) atoms. The van der Waals surface area contributed by atoms with Crippen molar-refractivity contribution >= 4 is 40.2 Å². The number of hydrogen-bond acceptors (Lipinski definition) is 6. The molecule has 1 amide bonds. The summed E-state index contributed by atoms with van der Waals surface area (Å²) in [6.07, 6.45) is 8.72. The van der Waals surface area contributed by atoms with E-state index in [4.69, 9.17) is 21.3 Å². The first-order chi connectivity index (χ1) is 15.2. The average molecular weight is 454 g/mol. The molecule has 9 heteroatoms. The molecule has 8 nitrogen and oxygen atoms in total. The highest BCUT2D eigenvalue weighted by molar-refractivity contribution is 6.31. The standard InChI is InChI=1S/C23H24ClN5O3/c1-23(2,3)32-22(31)14-28-9-4-8-27(13-21(28)30)20-12-19(29-10-7-25-15-29)17-6-5-16(24)11-18(17)26-20/h4-7,9-12,15H,8,13-14H2,1-3H3. The molecule has 1 aliphatic rings. The van der Waals surface area contributed by atoms with Crippen LogP contribution in [0.5, 0.6) is 0 Å². The molecule has 1 aromatic carbocycles. The largest absolute Gasteiger partial charge is 0.459 e. The first-order valence-corrected chi connectivity index (χ1v) is 10.6. The quantitative estimate of drug-likeness (QED) is 0.562. The van der Waals surface area contributed by atoms with Gasteiger partial charge >= 0.3 is 5.97 Å². The van der Waals surface area contributed by atoms with E-state index in [1.54, 1.807) is 45.6 Å². The molecule has 0 spiro atoms. The van der Waals surface area contributed by atoms with Crippen molar-refractivity contribution < 1.29 is 14.3 Å². The summed E-state index contributed by atoms with van der Waals surface area (Å²) >= 11 is 6.21. The first kappa shape index (κ1) is 21.8. The van der Waals surface area contributed by atoms with Gasteiger partial charge in [-0.1, -0.05) is 11.6 Å². The number of aromatic nitrogens is 3. The number of nitrogens with zero attached hydrogens (tertiary/aromatic N) is 5. The van der Waals surface area contributed by atoms with E-state index >= 15 is 0 Å². The number of rotatable bonds is 4. The Morgan fingerprint density at radius 2 is 2.06 bits per heavy atom. The Morgan fingerprint density at radius 3 is 2.78 bits per heavy atom. The lowest BCUT2D eigenvalue weighted by molar-refractivity contribution is -0.157. The second-order valence-electron chi connectivity index (χ2n) is 8.50. The summed E-state index contributed by atoms with van der Waals surface area (Å²) in [5, 5.41) is 1.49. The Labute approximate surface area is 191 Å². The van der Waals surface area contributed by atoms with Gasteiger partial charge in [0.15, 0.2) is 0 Å². The number of ether oxygens (including phenoxy) is 1. The molecule has 166 valence electrons. The van der Waals surface area contributed by atoms with Crippen LogP contribution in [0.25, 0.3) is 16.6 Å². The third-order valence-corrected chi connectivity index (χ3v) is 5.06. The summed E-state index contributed by atoms with van der Waals surface area (Å²) in [6.45, 7) is 5.77. The van der Waals surface area contributed by atoms with Gasteiger partial charge in [-0.3, -0.25) is 9.59 Å². The van der Waals surface area contributed by atoms with Crippen molar-refractivity contribution in [3.05, 3.63) is 60.3 Å². The van der Waals surface area contributed by atoms with Gasteiger partial charge in [-0.2, -0.15) is 0 Å². The molecule has 2 aromatic heterocycles. The van der Waals surface area contributed by atoms with E-state index in [1.807, 2.05) is 39.9 Å². The number of pyridine rings is 1. The summed E-state index contributed by atoms with van der Waals surface area (Å²) in [4.78, 5) is 37.2. The molecule has 3 heterocycles. The van der Waals surface area contributed by atoms with Gasteiger partial charge in [-0.05, 0) is 45.0 Å². The van der Waals surface area contributed by atoms with Gasteiger partial charge in [-0.15, -0.1) is 0 Å². The predicted octanol–water partition coefficient (Wildman–Crippen LogP) is 3.58. The van der Waals surface area contributed by atoms with Crippen LogP contribution in [0.4, 0.5) is 5.82 Å². The molecular formula is C23H24ClN5O3. The Hall–Kier alpha value is -3.39. The molecule has 0 radical (unpaired) electrons. The molecule has 1 aliphatic heterocycles. The molecule has 4 rings (SSSR count). The van der Waals surface area contributed by atoms with Crippen molar-refractivity contribution in [2.45, 2.75) is 26.4 Å². The Bertz CT molecular complexity index is 1180. The first-order valence-electron chi connectivity index (χ1n) is 10.2. The van der Waals surface area contributed by atoms with Gasteiger partial charge in [0.25, 0.3) is 0 Å². The van der Waals surface area contributed by atoms with Crippen molar-refractivity contribution in [2.75, 3.05) is 24.5 Å². The zero-order valence-corrected chi connectivity index (χ0v) is 18.9. The summed E-state index contributed by atoms with van der Waals surface area (Å²) in [6, 6.07) is 7.45. The van der Waals surface area contributed by atoms with Crippen LogP contribution in [0, 0.1) is 0 Å². The number of anilines is 1. The van der Waals surface area contributed by atoms with E-state index in [2.05, 4.69) is 4.98 Å². The number of carbonyl (C=O) groups is 2. The zero-order valence-electron chi connectivity index (χ0n) is 18.2. The third-order valence-electron chi connectivity index (χ3n) is 4.82. The fraction of sp³-hybridized carbons (Fsp3) is 0.304. The lowest BCUT2D eigenvalue weighted by Gasteiger charge is -2.24. The minimum absolute atomic E-state index is 0.0677. The predicted molar refractivity (Wildman–Crippen MR) is 123 cm³/mol. The maximum absolute atomic E-state index is 12.9. The fourth-order valence-electron chi connectivity index (χ4n) is 3.48. The monoisotopic (exact) mass is 453 g/mol. The van der Waals surface area contributed by atoms with E-state index in [9.17, 15) is 9.59 Å². The van der Waals surface area contributed by atoms with Crippen LogP contribution in [0.2, 0.25) is 5.02 Å². The summed E-state index contributed by atoms with van der Waals surface area (Å²) in [5.74, 6) is -0.0489. The van der Waals surface area contributed by atoms with E-state index < -0.39 is 11.6 Å². The number of fused-ring (bicyclic) bond motifs is 1. The minimum Gasteiger partial charge on any atom is -0.459 e. The van der Waals surface area contributed by atoms with Crippen LogP contribution in [0.1, 0.15) is 20.8 Å². The van der Waals surface area contributed by atoms with E-state index in [-0.39, 0.29) is 19.0 Å². The van der Waals surface area contributed by atoms with Crippen LogP contribution in [-0.4, -0.2) is 56.5 Å². The number of hydrogen-bond donors (Lipinski definition) is 0. The molecule has 0 saturated heterocycles. The number of amides is 1. The van der Waals surface area contributed by atoms with Crippen molar-refractivity contribution in [1.82, 2.24) is 19.4 Å². The van der Waals surface area contributed by atoms with Crippen LogP contribution >= 0.6 is 11.6 Å². The topological polar surface area (TPSA) is 80.6 Å². The Kier molecular flexibility index (Phi) is 5.88. The number of imidazole rings is 1. The van der Waals surface area contributed by atoms with Crippen molar-refractivity contribution in [3.63, 3.8) is 0 Å². The summed E-state index contributed by atoms with van der Waals surface area (Å²) < 4.78 is 7.24. The normalized spacial score (nSPS) is 14.7. The minimum atomic E-state index is -0.609. The van der Waals surface area contributed by atoms with Crippen LogP contribution in [-0.2, 0) is 14.3 Å². The van der Waals surface area contributed by atoms with Crippen LogP contribution in [0.3, 0.4) is 0 Å². The Balaban J connectivity index is 1.62. The van der Waals surface area contributed by atoms with Crippen molar-refractivity contribution in [2.24, 2.45) is 0 Å². The van der Waals surface area contributed by atoms with Crippen molar-refractivity contribution in [3.8, 4) is 5.69 Å². The average Bonchev–Trinajstić information content (AvgIpc) is 3.18. The Morgan fingerprint density at radius 1 is 1.25 bits per heavy atom. The number of esters is 1. The molecule has 0 fully saturated rings. The van der Waals surface area contributed by atoms with E-state index in [0.29, 0.717) is 22.9 Å². The van der Waals surface area contributed by atoms with Gasteiger partial charge in [0, 0.05) is 41.6 Å². The second-order valence-corrected chi connectivity index (χ2v) is 8.94. The van der Waals surface area contributed by atoms with Gasteiger partial charge in [0.05, 0.1) is 24.1 Å². The van der Waals surface area contributed by atoms with Gasteiger partial charge in [-0.25, -0.2) is 9.97 Å². The van der Waals surface area contributed by atoms with Crippen LogP contribution in [0.15, 0.2) is 55.3 Å².